The van der Waals surface area contributed by atoms with Crippen molar-refractivity contribution in [3.8, 4) is 28.7 Å². The van der Waals surface area contributed by atoms with Crippen LogP contribution in [-0.4, -0.2) is 263 Å². The molecule has 46 heteroatoms. The molecule has 5 aromatic carbocycles. The van der Waals surface area contributed by atoms with Gasteiger partial charge < -0.3 is 83.2 Å². The van der Waals surface area contributed by atoms with E-state index in [2.05, 4.69) is 41.1 Å². The number of carbonyl (C=O) groups excluding carboxylic acids is 8. The fraction of sp³-hybridized carbons (Fsp3) is 0.396. The van der Waals surface area contributed by atoms with E-state index in [0.717, 1.165) is 86.8 Å². The molecule has 2 atom stereocenters. The number of carboxylic acid groups (broad SMARTS) is 2. The molecule has 17 rings (SSSR count). The number of hydroxylamine groups is 2. The normalized spacial score (nSPS) is 14.9. The first-order chi connectivity index (χ1) is 64.8. The zero-order valence-electron chi connectivity index (χ0n) is 77.5. The number of alkyl halides is 1. The van der Waals surface area contributed by atoms with E-state index in [1.807, 2.05) is 4.68 Å². The number of ether oxygens (including phenoxy) is 9. The third-order valence-electron chi connectivity index (χ3n) is 21.2. The number of amides is 6. The van der Waals surface area contributed by atoms with Gasteiger partial charge in [0.05, 0.1) is 150 Å². The first-order valence-corrected chi connectivity index (χ1v) is 42.4. The van der Waals surface area contributed by atoms with Crippen LogP contribution in [-0.2, 0) is 94.1 Å². The third-order valence-corrected chi connectivity index (χ3v) is 21.2. The van der Waals surface area contributed by atoms with E-state index in [4.69, 9.17) is 70.2 Å². The van der Waals surface area contributed by atoms with Crippen LogP contribution in [0.4, 0.5) is 4.39 Å². The van der Waals surface area contributed by atoms with E-state index < -0.39 is 43.2 Å². The fourth-order valence-electron chi connectivity index (χ4n) is 14.1. The quantitative estimate of drug-likeness (QED) is 0.0205. The minimum atomic E-state index is -1.06. The monoisotopic (exact) mass is 1920 g/mol. The van der Waals surface area contributed by atoms with Crippen molar-refractivity contribution in [1.82, 2.24) is 84.8 Å². The number of methoxy groups -OCH3 is 5. The zero-order chi connectivity index (χ0) is 96.2. The van der Waals surface area contributed by atoms with Gasteiger partial charge in [0.15, 0.2) is 41.0 Å². The molecule has 43 nitrogen and oxygen atoms in total. The molecule has 7 aliphatic heterocycles. The van der Waals surface area contributed by atoms with Crippen LogP contribution in [0, 0.1) is 0 Å². The van der Waals surface area contributed by atoms with Crippen molar-refractivity contribution < 1.29 is 146 Å². The van der Waals surface area contributed by atoms with Gasteiger partial charge in [-0.1, -0.05) is 7.43 Å². The standard InChI is InChI=1S/C20H24N4O5.C17H19N3O4.C15H16N4O4.C15H15N3O4.C9H13N3O2.C8H8O3.C5H11NO2.CH3F.CH4.ClH.Li.H2O/c1-27-16-7-5-14(6-8-16)20(26)23-9-10-24-15(13-23)12-17(21-24)19(25)22-29-18-4-2-3-11-28-18;1-3-24-17(22)15-10-13-11-19(8-9-20(13)18-15)16(21)12-4-6-14(23-2)7-5-12;1-23-12-4-2-10(3-5-12)15(21)18-6-7-19-11(9-18)8-13(16-19)14(20)17-22;1-22-12-4-2-10(3-5-12)14(19)17-6-7-18-11(9-17)8-13(16-18)15(20)21;1-2-14-9(13)8-5-7-6-10-3-4-12(7)11-8;1-11-7-4-2-6(3-5-7)8(9)10;6-8-5-3-1-2-4-7-5;1-2;;;;/h5-8,12,18H,2-4,9-11,13H2,1H3,(H,22,25);4-7,10H,3,8-9,11H2,1-2H3;2-5,8,22H,6-7,9H2,1H3,(H,17,20);2-5,8H,6-7,9H2,1H3,(H,20,21);5,10H,2-4,6H2,1H3;2-5H,1H3,(H,9,10);5H,1-4,6H2;1H3;1H4;1H;;1H2/q;;;;;;;;;;+1;/p-1/i;;;;;;;1D;;;;. The number of fused-ring (bicyclic) bond motifs is 5. The Kier molecular flexibility index (Phi) is 45.6. The number of carbonyl (C=O) groups is 10. The van der Waals surface area contributed by atoms with E-state index in [1.165, 1.54) is 31.7 Å². The van der Waals surface area contributed by atoms with Crippen molar-refractivity contribution in [2.24, 2.45) is 5.90 Å². The Hall–Kier alpha value is -13.7. The van der Waals surface area contributed by atoms with Crippen LogP contribution >= 0.6 is 12.4 Å². The van der Waals surface area contributed by atoms with Crippen LogP contribution in [0.3, 0.4) is 0 Å². The van der Waals surface area contributed by atoms with Crippen molar-refractivity contribution >= 4 is 71.7 Å². The molecule has 2 saturated heterocycles. The van der Waals surface area contributed by atoms with Gasteiger partial charge in [-0.3, -0.25) is 66.6 Å². The number of aromatic carboxylic acids is 2. The summed E-state index contributed by atoms with van der Waals surface area (Å²) in [5, 5.41) is 50.2. The number of aromatic nitrogens is 10. The largest absolute Gasteiger partial charge is 1.00 e. The Bertz CT molecular complexity index is 5540. The first kappa shape index (κ1) is 110. The number of carboxylic acids is 2. The molecular weight excluding hydrogens is 1810 g/mol. The van der Waals surface area contributed by atoms with Gasteiger partial charge in [-0.2, -0.15) is 25.5 Å². The smallest absolute Gasteiger partial charge is 0.870 e. The molecule has 0 radical (unpaired) electrons. The molecule has 0 saturated carbocycles. The van der Waals surface area contributed by atoms with E-state index in [0.29, 0.717) is 155 Å². The average molecular weight is 1920 g/mol. The second-order valence-electron chi connectivity index (χ2n) is 29.7. The van der Waals surface area contributed by atoms with Crippen LogP contribution < -0.4 is 64.7 Å². The van der Waals surface area contributed by atoms with Crippen LogP contribution in [0.5, 0.6) is 28.7 Å². The van der Waals surface area contributed by atoms with Gasteiger partial charge >= 0.3 is 42.7 Å². The maximum Gasteiger partial charge on any atom is 1.00 e. The molecule has 734 valence electrons. The fourth-order valence-corrected chi connectivity index (χ4v) is 14.1. The second-order valence-corrected chi connectivity index (χ2v) is 29.7. The number of nitrogens with zero attached hydrogens (tertiary/aromatic N) is 14. The predicted octanol–water partition coefficient (Wildman–Crippen LogP) is 5.80. The van der Waals surface area contributed by atoms with Crippen molar-refractivity contribution in [2.45, 2.75) is 138 Å². The summed E-state index contributed by atoms with van der Waals surface area (Å²) in [6, 6.07) is 42.3. The number of esters is 2. The van der Waals surface area contributed by atoms with Gasteiger partial charge in [-0.05, 0) is 191 Å². The molecule has 2 unspecified atom stereocenters. The van der Waals surface area contributed by atoms with E-state index in [-0.39, 0.29) is 108 Å². The Morgan fingerprint density at radius 2 is 0.745 bits per heavy atom. The summed E-state index contributed by atoms with van der Waals surface area (Å²) in [5.41, 5.74) is 11.8. The average Bonchev–Trinajstić information content (AvgIpc) is 1.66. The SMILES string of the molecule is C.CCOC(=O)c1cc2n(n1)CCN(C(=O)c1ccc(OC)cc1)C2.CCOC(=O)c1cc2n(n1)CCNC2.COc1ccc(C(=O)N2CCn3nc(C(=O)NO)cc3C2)cc1.COc1ccc(C(=O)N2CCn3nc(C(=O)NOC4CCCCO4)cc3C2)cc1.COc1ccc(C(=O)N2CCn3nc(C(=O)O)cc3C2)cc1.COc1ccc(C(=O)O)cc1.Cl.NOC1CCCCO1.[2H]CF.[Li+].[OH-]. The molecule has 7 aliphatic rings. The van der Waals surface area contributed by atoms with Crippen molar-refractivity contribution in [1.29, 1.82) is 0 Å². The van der Waals surface area contributed by atoms with Crippen LogP contribution in [0.1, 0.15) is 194 Å². The molecule has 0 bridgehead atoms. The van der Waals surface area contributed by atoms with Gasteiger partial charge in [0.25, 0.3) is 35.4 Å². The summed E-state index contributed by atoms with van der Waals surface area (Å²) < 4.78 is 69.8. The van der Waals surface area contributed by atoms with Gasteiger partial charge in [0.1, 0.15) is 28.7 Å². The number of halogens is 2. The minimum absolute atomic E-state index is 0. The maximum absolute atomic E-state index is 12.8. The third kappa shape index (κ3) is 31.7. The van der Waals surface area contributed by atoms with Crippen molar-refractivity contribution in [3.63, 3.8) is 0 Å². The maximum atomic E-state index is 12.8. The molecule has 2 fully saturated rings. The topological polar surface area (TPSA) is 527 Å². The molecule has 12 heterocycles. The molecule has 10 aromatic rings. The number of nitrogens with two attached hydrogens (primary N) is 1. The second kappa shape index (κ2) is 56.6. The molecule has 0 aliphatic carbocycles. The van der Waals surface area contributed by atoms with Gasteiger partial charge in [-0.15, -0.1) is 12.4 Å². The number of rotatable bonds is 20. The van der Waals surface area contributed by atoms with Crippen molar-refractivity contribution in [3.05, 3.63) is 236 Å². The number of hydrogen-bond donors (Lipinski definition) is 7. The van der Waals surface area contributed by atoms with E-state index >= 15 is 0 Å². The van der Waals surface area contributed by atoms with Gasteiger partial charge in [-0.25, -0.2) is 40.9 Å². The number of hydrogen-bond acceptors (Lipinski definition) is 30. The van der Waals surface area contributed by atoms with Crippen molar-refractivity contribution in [2.75, 3.05) is 102 Å². The minimum Gasteiger partial charge on any atom is -0.870 e. The summed E-state index contributed by atoms with van der Waals surface area (Å²) in [6.07, 6.45) is 5.47. The van der Waals surface area contributed by atoms with Crippen LogP contribution in [0.25, 0.3) is 0 Å². The molecule has 5 aromatic heterocycles. The molecule has 6 amide bonds. The Labute approximate surface area is 808 Å². The summed E-state index contributed by atoms with van der Waals surface area (Å²) >= 11 is 0. The molecule has 137 heavy (non-hydrogen) atoms. The Morgan fingerprint density at radius 3 is 1.04 bits per heavy atom. The zero-order valence-corrected chi connectivity index (χ0v) is 77.3. The van der Waals surface area contributed by atoms with Crippen LogP contribution in [0.2, 0.25) is 0 Å². The van der Waals surface area contributed by atoms with Gasteiger partial charge in [0, 0.05) is 87.6 Å². The Morgan fingerprint density at radius 1 is 0.445 bits per heavy atom. The van der Waals surface area contributed by atoms with Crippen LogP contribution in [0.15, 0.2) is 152 Å². The summed E-state index contributed by atoms with van der Waals surface area (Å²) in [4.78, 5) is 135. The number of nitrogens with one attached hydrogen (secondary N) is 3. The van der Waals surface area contributed by atoms with E-state index in [9.17, 15) is 52.3 Å². The summed E-state index contributed by atoms with van der Waals surface area (Å²) in [5.74, 6) is 4.19. The predicted molar refractivity (Wildman–Crippen MR) is 486 cm³/mol. The molecular formula is C91H115ClFLiN18O25. The first-order valence-electron chi connectivity index (χ1n) is 43.1. The summed E-state index contributed by atoms with van der Waals surface area (Å²) in [7, 11) is 6.86. The van der Waals surface area contributed by atoms with E-state index in [1.54, 1.807) is 220 Å². The van der Waals surface area contributed by atoms with Gasteiger partial charge in [0.2, 0.25) is 0 Å². The Balaban J connectivity index is 0.000000251. The molecule has 0 spiro atoms. The molecule has 9 N–H and O–H groups in total. The summed E-state index contributed by atoms with van der Waals surface area (Å²) in [6.45, 7) is 13.8. The number of benzene rings is 5.